The Hall–Kier alpha value is -1.45. The van der Waals surface area contributed by atoms with Crippen LogP contribution in [-0.4, -0.2) is 15.9 Å². The molecule has 0 saturated carbocycles. The topological polar surface area (TPSA) is 68.9 Å². The lowest BCUT2D eigenvalue weighted by atomic mass is 10.1. The van der Waals surface area contributed by atoms with E-state index in [4.69, 9.17) is 5.73 Å². The molecule has 0 radical (unpaired) electrons. The lowest BCUT2D eigenvalue weighted by Gasteiger charge is -2.11. The fourth-order valence-electron chi connectivity index (χ4n) is 1.29. The Kier molecular flexibility index (Phi) is 3.39. The maximum atomic E-state index is 11.1. The van der Waals surface area contributed by atoms with Crippen molar-refractivity contribution in [3.63, 3.8) is 0 Å². The van der Waals surface area contributed by atoms with Gasteiger partial charge in [0.2, 0.25) is 0 Å². The molecule has 0 spiro atoms. The Morgan fingerprint density at radius 2 is 1.87 bits per heavy atom. The van der Waals surface area contributed by atoms with Crippen LogP contribution in [0.5, 0.6) is 0 Å². The molecule has 1 aromatic rings. The number of carbonyl (C=O) groups is 1. The first-order chi connectivity index (χ1) is 6.93. The van der Waals surface area contributed by atoms with Gasteiger partial charge < -0.3 is 5.73 Å². The molecule has 0 bridgehead atoms. The molecule has 0 aliphatic heterocycles. The van der Waals surface area contributed by atoms with E-state index in [9.17, 15) is 4.79 Å². The second-order valence-corrected chi connectivity index (χ2v) is 4.20. The van der Waals surface area contributed by atoms with Crippen LogP contribution < -0.4 is 5.73 Å². The summed E-state index contributed by atoms with van der Waals surface area (Å²) in [5.74, 6) is -0.0582. The standard InChI is InChI=1S/C11H17N3O/c1-6(2)8-5-13-10(11(12)15)9(14-8)7(3)4/h5-7H,1-4H3,(H2,12,15). The van der Waals surface area contributed by atoms with Crippen molar-refractivity contribution in [3.8, 4) is 0 Å². The third kappa shape index (κ3) is 2.52. The minimum atomic E-state index is -0.512. The highest BCUT2D eigenvalue weighted by molar-refractivity contribution is 5.91. The number of primary amides is 1. The second-order valence-electron chi connectivity index (χ2n) is 4.20. The molecule has 15 heavy (non-hydrogen) atoms. The molecule has 4 nitrogen and oxygen atoms in total. The number of amides is 1. The quantitative estimate of drug-likeness (QED) is 0.822. The van der Waals surface area contributed by atoms with Crippen molar-refractivity contribution >= 4 is 5.91 Å². The van der Waals surface area contributed by atoms with Crippen LogP contribution in [0.4, 0.5) is 0 Å². The van der Waals surface area contributed by atoms with Crippen molar-refractivity contribution in [2.45, 2.75) is 39.5 Å². The molecule has 1 amide bonds. The largest absolute Gasteiger partial charge is 0.364 e. The highest BCUT2D eigenvalue weighted by Crippen LogP contribution is 2.18. The molecule has 4 heteroatoms. The summed E-state index contributed by atoms with van der Waals surface area (Å²) < 4.78 is 0. The summed E-state index contributed by atoms with van der Waals surface area (Å²) in [4.78, 5) is 19.6. The molecule has 0 fully saturated rings. The van der Waals surface area contributed by atoms with Gasteiger partial charge in [-0.05, 0) is 11.8 Å². The van der Waals surface area contributed by atoms with Crippen molar-refractivity contribution in [3.05, 3.63) is 23.3 Å². The molecule has 0 unspecified atom stereocenters. The predicted octanol–water partition coefficient (Wildman–Crippen LogP) is 1.82. The van der Waals surface area contributed by atoms with Crippen LogP contribution in [0, 0.1) is 0 Å². The van der Waals surface area contributed by atoms with E-state index in [1.165, 1.54) is 0 Å². The summed E-state index contributed by atoms with van der Waals surface area (Å²) in [5.41, 5.74) is 7.10. The van der Waals surface area contributed by atoms with Gasteiger partial charge in [0.25, 0.3) is 5.91 Å². The van der Waals surface area contributed by atoms with Crippen LogP contribution in [0.2, 0.25) is 0 Å². The highest BCUT2D eigenvalue weighted by atomic mass is 16.1. The van der Waals surface area contributed by atoms with E-state index < -0.39 is 5.91 Å². The third-order valence-corrected chi connectivity index (χ3v) is 2.19. The number of hydrogen-bond donors (Lipinski definition) is 1. The van der Waals surface area contributed by atoms with Crippen molar-refractivity contribution in [1.29, 1.82) is 0 Å². The van der Waals surface area contributed by atoms with Crippen LogP contribution in [-0.2, 0) is 0 Å². The lowest BCUT2D eigenvalue weighted by Crippen LogP contribution is -2.18. The van der Waals surface area contributed by atoms with E-state index in [0.29, 0.717) is 11.6 Å². The maximum Gasteiger partial charge on any atom is 0.269 e. The first-order valence-corrected chi connectivity index (χ1v) is 5.10. The SMILES string of the molecule is CC(C)c1cnc(C(N)=O)c(C(C)C)n1. The zero-order chi connectivity index (χ0) is 11.6. The monoisotopic (exact) mass is 207 g/mol. The molecule has 0 atom stereocenters. The van der Waals surface area contributed by atoms with E-state index in [1.54, 1.807) is 6.20 Å². The average molecular weight is 207 g/mol. The molecule has 0 aliphatic rings. The van der Waals surface area contributed by atoms with Gasteiger partial charge in [0.1, 0.15) is 5.69 Å². The van der Waals surface area contributed by atoms with E-state index in [2.05, 4.69) is 9.97 Å². The van der Waals surface area contributed by atoms with Crippen molar-refractivity contribution < 1.29 is 4.79 Å². The number of nitrogens with two attached hydrogens (primary N) is 1. The van der Waals surface area contributed by atoms with Crippen molar-refractivity contribution in [1.82, 2.24) is 9.97 Å². The Morgan fingerprint density at radius 3 is 2.27 bits per heavy atom. The Labute approximate surface area is 89.9 Å². The molecular weight excluding hydrogens is 190 g/mol. The summed E-state index contributed by atoms with van der Waals surface area (Å²) >= 11 is 0. The van der Waals surface area contributed by atoms with Gasteiger partial charge in [-0.1, -0.05) is 27.7 Å². The summed E-state index contributed by atoms with van der Waals surface area (Å²) in [6.07, 6.45) is 1.62. The summed E-state index contributed by atoms with van der Waals surface area (Å²) in [5, 5.41) is 0. The van der Waals surface area contributed by atoms with Crippen LogP contribution in [0.1, 0.15) is 61.4 Å². The van der Waals surface area contributed by atoms with Gasteiger partial charge in [0.15, 0.2) is 0 Å². The van der Waals surface area contributed by atoms with Gasteiger partial charge in [-0.2, -0.15) is 0 Å². The molecule has 1 aromatic heterocycles. The number of aromatic nitrogens is 2. The van der Waals surface area contributed by atoms with Gasteiger partial charge in [0.05, 0.1) is 11.4 Å². The smallest absolute Gasteiger partial charge is 0.269 e. The fraction of sp³-hybridized carbons (Fsp3) is 0.545. The molecule has 82 valence electrons. The minimum absolute atomic E-state index is 0.152. The van der Waals surface area contributed by atoms with Gasteiger partial charge in [0, 0.05) is 6.20 Å². The van der Waals surface area contributed by atoms with E-state index in [-0.39, 0.29) is 11.6 Å². The first-order valence-electron chi connectivity index (χ1n) is 5.10. The highest BCUT2D eigenvalue weighted by Gasteiger charge is 2.16. The summed E-state index contributed by atoms with van der Waals surface area (Å²) in [7, 11) is 0. The van der Waals surface area contributed by atoms with E-state index >= 15 is 0 Å². The average Bonchev–Trinajstić information content (AvgIpc) is 2.16. The zero-order valence-corrected chi connectivity index (χ0v) is 9.61. The Bertz CT molecular complexity index is 372. The molecule has 1 heterocycles. The minimum Gasteiger partial charge on any atom is -0.364 e. The van der Waals surface area contributed by atoms with Crippen molar-refractivity contribution in [2.75, 3.05) is 0 Å². The maximum absolute atomic E-state index is 11.1. The normalized spacial score (nSPS) is 11.1. The Morgan fingerprint density at radius 1 is 1.27 bits per heavy atom. The lowest BCUT2D eigenvalue weighted by molar-refractivity contribution is 0.0993. The number of rotatable bonds is 3. The van der Waals surface area contributed by atoms with Gasteiger partial charge >= 0.3 is 0 Å². The molecule has 0 aromatic carbocycles. The fourth-order valence-corrected chi connectivity index (χ4v) is 1.29. The predicted molar refractivity (Wildman–Crippen MR) is 58.7 cm³/mol. The number of hydrogen-bond acceptors (Lipinski definition) is 3. The summed E-state index contributed by atoms with van der Waals surface area (Å²) in [6, 6.07) is 0. The molecule has 1 rings (SSSR count). The van der Waals surface area contributed by atoms with Gasteiger partial charge in [-0.25, -0.2) is 4.98 Å². The van der Waals surface area contributed by atoms with Gasteiger partial charge in [-0.15, -0.1) is 0 Å². The first kappa shape index (κ1) is 11.6. The molecule has 0 aliphatic carbocycles. The molecule has 2 N–H and O–H groups in total. The summed E-state index contributed by atoms with van der Waals surface area (Å²) in [6.45, 7) is 8.03. The van der Waals surface area contributed by atoms with Crippen molar-refractivity contribution in [2.24, 2.45) is 5.73 Å². The number of nitrogens with zero attached hydrogens (tertiary/aromatic N) is 2. The second kappa shape index (κ2) is 4.38. The van der Waals surface area contributed by atoms with Crippen LogP contribution in [0.3, 0.4) is 0 Å². The van der Waals surface area contributed by atoms with Crippen LogP contribution >= 0.6 is 0 Å². The van der Waals surface area contributed by atoms with Crippen LogP contribution in [0.25, 0.3) is 0 Å². The Balaban J connectivity index is 3.27. The van der Waals surface area contributed by atoms with E-state index in [0.717, 1.165) is 5.69 Å². The van der Waals surface area contributed by atoms with Crippen LogP contribution in [0.15, 0.2) is 6.20 Å². The molecule has 0 saturated heterocycles. The molecular formula is C11H17N3O. The third-order valence-electron chi connectivity index (χ3n) is 2.19. The van der Waals surface area contributed by atoms with Gasteiger partial charge in [-0.3, -0.25) is 9.78 Å². The number of carbonyl (C=O) groups excluding carboxylic acids is 1. The van der Waals surface area contributed by atoms with E-state index in [1.807, 2.05) is 27.7 Å². The zero-order valence-electron chi connectivity index (χ0n) is 9.61.